The third kappa shape index (κ3) is 3.44. The number of hydrogen-bond acceptors (Lipinski definition) is 4. The van der Waals surface area contributed by atoms with E-state index >= 15 is 0 Å². The molecule has 22 heavy (non-hydrogen) atoms. The topological polar surface area (TPSA) is 73.2 Å². The van der Waals surface area contributed by atoms with Gasteiger partial charge in [0.15, 0.2) is 0 Å². The number of piperidine rings is 1. The first kappa shape index (κ1) is 17.2. The van der Waals surface area contributed by atoms with Crippen LogP contribution in [0, 0.1) is 11.3 Å². The summed E-state index contributed by atoms with van der Waals surface area (Å²) in [6.45, 7) is 4.01. The molecule has 0 aromatic heterocycles. The monoisotopic (exact) mass is 341 g/mol. The second-order valence-corrected chi connectivity index (χ2v) is 7.59. The number of rotatable bonds is 5. The molecule has 2 rings (SSSR count). The van der Waals surface area contributed by atoms with Crippen LogP contribution in [0.2, 0.25) is 5.02 Å². The van der Waals surface area contributed by atoms with Crippen molar-refractivity contribution in [1.29, 1.82) is 5.26 Å². The molecule has 1 aromatic rings. The maximum absolute atomic E-state index is 13.0. The Balaban J connectivity index is 2.46. The highest BCUT2D eigenvalue weighted by Crippen LogP contribution is 2.28. The molecule has 1 heterocycles. The van der Waals surface area contributed by atoms with E-state index in [-0.39, 0.29) is 21.5 Å². The van der Waals surface area contributed by atoms with Gasteiger partial charge in [0, 0.05) is 12.6 Å². The standard InChI is InChI=1S/C15H20ClN3O2S/c1-2-10-19(12-6-8-18-9-7-12)22(20,21)15-5-3-4-14(16)13(15)11-17/h3-5,12,18H,2,6-10H2,1H3. The summed E-state index contributed by atoms with van der Waals surface area (Å²) < 4.78 is 27.6. The maximum atomic E-state index is 13.0. The van der Waals surface area contributed by atoms with Gasteiger partial charge in [0.1, 0.15) is 11.0 Å². The Kier molecular flexibility index (Phi) is 5.81. The second-order valence-electron chi connectivity index (χ2n) is 5.32. The smallest absolute Gasteiger partial charge is 0.244 e. The molecule has 0 amide bonds. The Morgan fingerprint density at radius 2 is 2.09 bits per heavy atom. The third-order valence-electron chi connectivity index (χ3n) is 3.83. The molecule has 0 bridgehead atoms. The summed E-state index contributed by atoms with van der Waals surface area (Å²) in [6, 6.07) is 6.46. The highest BCUT2D eigenvalue weighted by atomic mass is 35.5. The zero-order valence-electron chi connectivity index (χ0n) is 12.5. The molecule has 0 aliphatic carbocycles. The third-order valence-corrected chi connectivity index (χ3v) is 6.14. The summed E-state index contributed by atoms with van der Waals surface area (Å²) in [4.78, 5) is 0.00878. The zero-order valence-corrected chi connectivity index (χ0v) is 14.1. The number of nitrogens with one attached hydrogen (secondary N) is 1. The number of nitriles is 1. The molecule has 5 nitrogen and oxygen atoms in total. The van der Waals surface area contributed by atoms with E-state index in [1.54, 1.807) is 10.4 Å². The largest absolute Gasteiger partial charge is 0.317 e. The van der Waals surface area contributed by atoms with Crippen molar-refractivity contribution in [2.75, 3.05) is 19.6 Å². The normalized spacial score (nSPS) is 16.6. The Labute approximate surface area is 136 Å². The minimum absolute atomic E-state index is 0.00878. The molecule has 0 saturated carbocycles. The highest BCUT2D eigenvalue weighted by Gasteiger charge is 2.33. The van der Waals surface area contributed by atoms with Crippen LogP contribution in [0.4, 0.5) is 0 Å². The van der Waals surface area contributed by atoms with E-state index < -0.39 is 10.0 Å². The lowest BCUT2D eigenvalue weighted by molar-refractivity contribution is 0.262. The van der Waals surface area contributed by atoms with Crippen LogP contribution in [0.3, 0.4) is 0 Å². The predicted octanol–water partition coefficient (Wildman–Crippen LogP) is 2.36. The van der Waals surface area contributed by atoms with E-state index in [9.17, 15) is 13.7 Å². The van der Waals surface area contributed by atoms with E-state index in [1.807, 2.05) is 13.0 Å². The summed E-state index contributed by atoms with van der Waals surface area (Å²) >= 11 is 5.99. The molecule has 0 spiro atoms. The molecule has 1 aromatic carbocycles. The van der Waals surface area contributed by atoms with Gasteiger partial charge in [-0.15, -0.1) is 0 Å². The lowest BCUT2D eigenvalue weighted by Gasteiger charge is -2.33. The van der Waals surface area contributed by atoms with E-state index in [1.165, 1.54) is 12.1 Å². The average Bonchev–Trinajstić information content (AvgIpc) is 2.53. The van der Waals surface area contributed by atoms with Gasteiger partial charge in [-0.3, -0.25) is 0 Å². The Bertz CT molecular complexity index is 664. The van der Waals surface area contributed by atoms with Gasteiger partial charge in [-0.1, -0.05) is 24.6 Å². The first-order valence-corrected chi connectivity index (χ1v) is 9.25. The van der Waals surface area contributed by atoms with Crippen LogP contribution in [0.1, 0.15) is 31.7 Å². The van der Waals surface area contributed by atoms with E-state index in [0.29, 0.717) is 6.54 Å². The fourth-order valence-electron chi connectivity index (χ4n) is 2.77. The predicted molar refractivity (Wildman–Crippen MR) is 86.2 cm³/mol. The summed E-state index contributed by atoms with van der Waals surface area (Å²) in [5.41, 5.74) is 0.0270. The van der Waals surface area contributed by atoms with Crippen LogP contribution >= 0.6 is 11.6 Å². The van der Waals surface area contributed by atoms with Crippen molar-refractivity contribution in [3.63, 3.8) is 0 Å². The summed E-state index contributed by atoms with van der Waals surface area (Å²) in [6.07, 6.45) is 2.29. The second kappa shape index (κ2) is 7.42. The van der Waals surface area contributed by atoms with Gasteiger partial charge < -0.3 is 5.32 Å². The van der Waals surface area contributed by atoms with Gasteiger partial charge in [0.25, 0.3) is 0 Å². The molecule has 7 heteroatoms. The van der Waals surface area contributed by atoms with Crippen molar-refractivity contribution in [2.45, 2.75) is 37.1 Å². The van der Waals surface area contributed by atoms with Gasteiger partial charge >= 0.3 is 0 Å². The van der Waals surface area contributed by atoms with Crippen LogP contribution in [0.25, 0.3) is 0 Å². The number of sulfonamides is 1. The quantitative estimate of drug-likeness (QED) is 0.892. The molecule has 1 aliphatic heterocycles. The van der Waals surface area contributed by atoms with E-state index in [2.05, 4.69) is 5.32 Å². The molecule has 1 fully saturated rings. The lowest BCUT2D eigenvalue weighted by Crippen LogP contribution is -2.46. The Morgan fingerprint density at radius 1 is 1.41 bits per heavy atom. The van der Waals surface area contributed by atoms with Crippen LogP contribution in [-0.2, 0) is 10.0 Å². The van der Waals surface area contributed by atoms with E-state index in [4.69, 9.17) is 11.6 Å². The van der Waals surface area contributed by atoms with Crippen molar-refractivity contribution in [2.24, 2.45) is 0 Å². The summed E-state index contributed by atoms with van der Waals surface area (Å²) in [5, 5.41) is 12.7. The van der Waals surface area contributed by atoms with Gasteiger partial charge in [-0.05, 0) is 44.5 Å². The first-order chi connectivity index (χ1) is 10.5. The van der Waals surface area contributed by atoms with Crippen LogP contribution in [-0.4, -0.2) is 38.4 Å². The molecular formula is C15H20ClN3O2S. The van der Waals surface area contributed by atoms with Gasteiger partial charge in [0.2, 0.25) is 10.0 Å². The minimum Gasteiger partial charge on any atom is -0.317 e. The molecule has 1 saturated heterocycles. The van der Waals surface area contributed by atoms with E-state index in [0.717, 1.165) is 32.4 Å². The summed E-state index contributed by atoms with van der Waals surface area (Å²) in [7, 11) is -3.73. The van der Waals surface area contributed by atoms with Crippen LogP contribution < -0.4 is 5.32 Å². The Morgan fingerprint density at radius 3 is 2.68 bits per heavy atom. The average molecular weight is 342 g/mol. The van der Waals surface area contributed by atoms with Crippen molar-refractivity contribution < 1.29 is 8.42 Å². The number of benzene rings is 1. The molecule has 1 N–H and O–H groups in total. The van der Waals surface area contributed by atoms with Crippen molar-refractivity contribution >= 4 is 21.6 Å². The fraction of sp³-hybridized carbons (Fsp3) is 0.533. The van der Waals surface area contributed by atoms with Crippen LogP contribution in [0.5, 0.6) is 0 Å². The SMILES string of the molecule is CCCN(C1CCNCC1)S(=O)(=O)c1cccc(Cl)c1C#N. The molecule has 1 aliphatic rings. The van der Waals surface area contributed by atoms with Gasteiger partial charge in [0.05, 0.1) is 10.6 Å². The highest BCUT2D eigenvalue weighted by molar-refractivity contribution is 7.89. The zero-order chi connectivity index (χ0) is 16.2. The molecule has 0 unspecified atom stereocenters. The fourth-order valence-corrected chi connectivity index (χ4v) is 4.98. The Hall–Kier alpha value is -1.13. The van der Waals surface area contributed by atoms with Gasteiger partial charge in [-0.2, -0.15) is 9.57 Å². The molecule has 0 radical (unpaired) electrons. The summed E-state index contributed by atoms with van der Waals surface area (Å²) in [5.74, 6) is 0. The number of halogens is 1. The van der Waals surface area contributed by atoms with Crippen molar-refractivity contribution in [1.82, 2.24) is 9.62 Å². The number of hydrogen-bond donors (Lipinski definition) is 1. The molecule has 120 valence electrons. The number of nitrogens with zero attached hydrogens (tertiary/aromatic N) is 2. The first-order valence-electron chi connectivity index (χ1n) is 7.43. The van der Waals surface area contributed by atoms with Crippen molar-refractivity contribution in [3.8, 4) is 6.07 Å². The minimum atomic E-state index is -3.73. The van der Waals surface area contributed by atoms with Crippen molar-refractivity contribution in [3.05, 3.63) is 28.8 Å². The van der Waals surface area contributed by atoms with Crippen LogP contribution in [0.15, 0.2) is 23.1 Å². The maximum Gasteiger partial charge on any atom is 0.244 e. The molecular weight excluding hydrogens is 322 g/mol. The van der Waals surface area contributed by atoms with Gasteiger partial charge in [-0.25, -0.2) is 8.42 Å². The molecule has 0 atom stereocenters. The lowest BCUT2D eigenvalue weighted by atomic mass is 10.1.